The van der Waals surface area contributed by atoms with Crippen molar-refractivity contribution in [3.63, 3.8) is 0 Å². The van der Waals surface area contributed by atoms with Crippen LogP contribution in [0.2, 0.25) is 0 Å². The van der Waals surface area contributed by atoms with Gasteiger partial charge in [-0.2, -0.15) is 26.3 Å². The summed E-state index contributed by atoms with van der Waals surface area (Å²) in [5.41, 5.74) is 2.90. The van der Waals surface area contributed by atoms with Gasteiger partial charge in [0.15, 0.2) is 0 Å². The molecule has 0 radical (unpaired) electrons. The zero-order valence-corrected chi connectivity index (χ0v) is 21.7. The predicted molar refractivity (Wildman–Crippen MR) is 126 cm³/mol. The molecule has 2 heterocycles. The van der Waals surface area contributed by atoms with E-state index in [4.69, 9.17) is 24.5 Å². The molecule has 222 valence electrons. The lowest BCUT2D eigenvalue weighted by atomic mass is 9.60. The van der Waals surface area contributed by atoms with Crippen LogP contribution in [0.15, 0.2) is 18.3 Å². The average molecular weight is 574 g/mol. The molecule has 0 bridgehead atoms. The Morgan fingerprint density at radius 2 is 1.56 bits per heavy atom. The Labute approximate surface area is 221 Å². The number of nitrogens with one attached hydrogen (secondary N) is 1. The number of pyridine rings is 1. The molecule has 1 spiro atoms. The maximum Gasteiger partial charge on any atom is 0.490 e. The van der Waals surface area contributed by atoms with Crippen LogP contribution in [0.5, 0.6) is 0 Å². The van der Waals surface area contributed by atoms with Crippen LogP contribution in [0, 0.1) is 18.3 Å². The van der Waals surface area contributed by atoms with Crippen LogP contribution in [0.3, 0.4) is 0 Å². The molecule has 0 aromatic carbocycles. The first-order valence-corrected chi connectivity index (χ1v) is 12.0. The molecular formula is C24H33F6N3O6. The molecule has 1 amide bonds. The van der Waals surface area contributed by atoms with Crippen molar-refractivity contribution in [2.75, 3.05) is 19.7 Å². The van der Waals surface area contributed by atoms with E-state index in [0.29, 0.717) is 24.0 Å². The highest BCUT2D eigenvalue weighted by Gasteiger charge is 2.46. The van der Waals surface area contributed by atoms with Crippen LogP contribution in [-0.4, -0.2) is 76.2 Å². The number of aliphatic carboxylic acids is 2. The van der Waals surface area contributed by atoms with E-state index >= 15 is 0 Å². The van der Waals surface area contributed by atoms with Crippen LogP contribution < -0.4 is 5.32 Å². The van der Waals surface area contributed by atoms with E-state index in [1.807, 2.05) is 26.1 Å². The van der Waals surface area contributed by atoms with Gasteiger partial charge in [-0.05, 0) is 68.7 Å². The molecule has 3 N–H and O–H groups in total. The van der Waals surface area contributed by atoms with Crippen molar-refractivity contribution in [3.8, 4) is 0 Å². The molecule has 0 unspecified atom stereocenters. The molecule has 1 aromatic heterocycles. The minimum Gasteiger partial charge on any atom is -0.475 e. The first kappa shape index (κ1) is 33.9. The smallest absolute Gasteiger partial charge is 0.475 e. The molecule has 1 aromatic rings. The van der Waals surface area contributed by atoms with E-state index in [9.17, 15) is 31.1 Å². The van der Waals surface area contributed by atoms with E-state index in [-0.39, 0.29) is 6.09 Å². The highest BCUT2D eigenvalue weighted by atomic mass is 19.4. The number of carboxylic acids is 2. The molecule has 1 saturated heterocycles. The number of likely N-dealkylation sites (tertiary alicyclic amines) is 1. The number of alkyl carbamates (subject to hydrolysis) is 1. The Kier molecular flexibility index (Phi) is 12.5. The van der Waals surface area contributed by atoms with Gasteiger partial charge in [-0.25, -0.2) is 14.4 Å². The van der Waals surface area contributed by atoms with Gasteiger partial charge in [0.25, 0.3) is 0 Å². The monoisotopic (exact) mass is 573 g/mol. The van der Waals surface area contributed by atoms with Crippen LogP contribution in [-0.2, 0) is 20.9 Å². The molecular weight excluding hydrogens is 540 g/mol. The van der Waals surface area contributed by atoms with Gasteiger partial charge in [0.05, 0.1) is 12.3 Å². The molecule has 0 atom stereocenters. The SMILES string of the molecule is Cc1cccnc1CN1CCC2(CC1)CC(NC(=O)OCC(C)C)C2.O=C(O)C(F)(F)F.O=C(O)C(F)(F)F. The molecule has 1 aliphatic heterocycles. The zero-order valence-electron chi connectivity index (χ0n) is 21.7. The first-order chi connectivity index (χ1) is 17.8. The number of carbonyl (C=O) groups is 3. The number of carboxylic acid groups (broad SMARTS) is 2. The van der Waals surface area contributed by atoms with Gasteiger partial charge in [-0.3, -0.25) is 9.88 Å². The van der Waals surface area contributed by atoms with Gasteiger partial charge < -0.3 is 20.3 Å². The standard InChI is InChI=1S/C20H31N3O2.2C2HF3O2/c1-15(2)14-25-19(24)22-17-11-20(12-17)6-9-23(10-7-20)13-18-16(3)5-4-8-21-18;2*3-2(4,5)1(6)7/h4-5,8,15,17H,6-7,9-14H2,1-3H3,(H,22,24);2*(H,6,7). The van der Waals surface area contributed by atoms with Crippen LogP contribution in [0.4, 0.5) is 31.1 Å². The quantitative estimate of drug-likeness (QED) is 0.429. The zero-order chi connectivity index (χ0) is 30.0. The summed E-state index contributed by atoms with van der Waals surface area (Å²) in [7, 11) is 0. The number of hydrogen-bond donors (Lipinski definition) is 3. The van der Waals surface area contributed by atoms with E-state index in [1.165, 1.54) is 24.1 Å². The van der Waals surface area contributed by atoms with Gasteiger partial charge in [-0.1, -0.05) is 19.9 Å². The number of ether oxygens (including phenoxy) is 1. The molecule has 2 fully saturated rings. The number of piperidine rings is 1. The summed E-state index contributed by atoms with van der Waals surface area (Å²) in [5.74, 6) is -5.13. The number of halogens is 6. The minimum absolute atomic E-state index is 0.253. The third kappa shape index (κ3) is 12.5. The first-order valence-electron chi connectivity index (χ1n) is 12.0. The topological polar surface area (TPSA) is 129 Å². The fraction of sp³-hybridized carbons (Fsp3) is 0.667. The molecule has 2 aliphatic rings. The second-order valence-electron chi connectivity index (χ2n) is 9.89. The number of rotatable bonds is 5. The fourth-order valence-electron chi connectivity index (χ4n) is 4.03. The molecule has 3 rings (SSSR count). The van der Waals surface area contributed by atoms with Crippen LogP contribution in [0.1, 0.15) is 50.8 Å². The number of aromatic nitrogens is 1. The van der Waals surface area contributed by atoms with Crippen molar-refractivity contribution in [3.05, 3.63) is 29.6 Å². The van der Waals surface area contributed by atoms with Crippen molar-refractivity contribution in [1.29, 1.82) is 0 Å². The van der Waals surface area contributed by atoms with E-state index in [1.54, 1.807) is 0 Å². The van der Waals surface area contributed by atoms with Gasteiger partial charge in [0.2, 0.25) is 0 Å². The van der Waals surface area contributed by atoms with Crippen molar-refractivity contribution >= 4 is 18.0 Å². The van der Waals surface area contributed by atoms with Crippen molar-refractivity contribution in [2.24, 2.45) is 11.3 Å². The Balaban J connectivity index is 0.000000449. The molecule has 15 heteroatoms. The van der Waals surface area contributed by atoms with Crippen molar-refractivity contribution < 1.29 is 55.7 Å². The Morgan fingerprint density at radius 1 is 1.08 bits per heavy atom. The maximum absolute atomic E-state index is 11.8. The maximum atomic E-state index is 11.8. The Bertz CT molecular complexity index is 930. The highest BCUT2D eigenvalue weighted by Crippen LogP contribution is 2.49. The highest BCUT2D eigenvalue weighted by molar-refractivity contribution is 5.73. The van der Waals surface area contributed by atoms with Crippen molar-refractivity contribution in [1.82, 2.24) is 15.2 Å². The third-order valence-electron chi connectivity index (χ3n) is 6.12. The number of alkyl halides is 6. The second-order valence-corrected chi connectivity index (χ2v) is 9.89. The summed E-state index contributed by atoms with van der Waals surface area (Å²) in [6.45, 7) is 9.92. The summed E-state index contributed by atoms with van der Waals surface area (Å²) in [5, 5.41) is 17.3. The lowest BCUT2D eigenvalue weighted by molar-refractivity contribution is -0.193. The number of hydrogen-bond acceptors (Lipinski definition) is 6. The number of nitrogens with zero attached hydrogens (tertiary/aromatic N) is 2. The van der Waals surface area contributed by atoms with Crippen LogP contribution >= 0.6 is 0 Å². The molecule has 1 saturated carbocycles. The molecule has 1 aliphatic carbocycles. The fourth-order valence-corrected chi connectivity index (χ4v) is 4.03. The molecule has 39 heavy (non-hydrogen) atoms. The lowest BCUT2D eigenvalue weighted by Gasteiger charge is -2.52. The summed E-state index contributed by atoms with van der Waals surface area (Å²) < 4.78 is 68.7. The number of aryl methyl sites for hydroxylation is 1. The summed E-state index contributed by atoms with van der Waals surface area (Å²) in [4.78, 5) is 36.6. The largest absolute Gasteiger partial charge is 0.490 e. The third-order valence-corrected chi connectivity index (χ3v) is 6.12. The average Bonchev–Trinajstić information content (AvgIpc) is 2.79. The van der Waals surface area contributed by atoms with Crippen molar-refractivity contribution in [2.45, 2.75) is 71.4 Å². The molecule has 9 nitrogen and oxygen atoms in total. The summed E-state index contributed by atoms with van der Waals surface area (Å²) in [6.07, 6.45) is -3.90. The predicted octanol–water partition coefficient (Wildman–Crippen LogP) is 4.78. The van der Waals surface area contributed by atoms with E-state index in [2.05, 4.69) is 28.2 Å². The van der Waals surface area contributed by atoms with E-state index in [0.717, 1.165) is 32.5 Å². The lowest BCUT2D eigenvalue weighted by Crippen LogP contribution is -2.54. The minimum atomic E-state index is -5.08. The second kappa shape index (κ2) is 14.3. The Morgan fingerprint density at radius 3 is 1.97 bits per heavy atom. The summed E-state index contributed by atoms with van der Waals surface area (Å²) >= 11 is 0. The van der Waals surface area contributed by atoms with E-state index < -0.39 is 24.3 Å². The van der Waals surface area contributed by atoms with Gasteiger partial charge >= 0.3 is 30.4 Å². The number of amides is 1. The van der Waals surface area contributed by atoms with Gasteiger partial charge in [0.1, 0.15) is 0 Å². The summed E-state index contributed by atoms with van der Waals surface area (Å²) in [6, 6.07) is 4.43. The normalized spacial score (nSPS) is 17.2. The van der Waals surface area contributed by atoms with Gasteiger partial charge in [-0.15, -0.1) is 0 Å². The Hall–Kier alpha value is -3.10. The van der Waals surface area contributed by atoms with Gasteiger partial charge in [0, 0.05) is 18.8 Å². The van der Waals surface area contributed by atoms with Crippen LogP contribution in [0.25, 0.3) is 0 Å². The number of carbonyl (C=O) groups excluding carboxylic acids is 1.